The zero-order valence-electron chi connectivity index (χ0n) is 25.8. The van der Waals surface area contributed by atoms with Gasteiger partial charge in [0, 0.05) is 67.9 Å². The zero-order chi connectivity index (χ0) is 29.6. The van der Waals surface area contributed by atoms with Crippen molar-refractivity contribution >= 4 is 28.6 Å². The van der Waals surface area contributed by atoms with Gasteiger partial charge in [0.15, 0.2) is 0 Å². The average Bonchev–Trinajstić information content (AvgIpc) is 2.99. The first kappa shape index (κ1) is 32.9. The van der Waals surface area contributed by atoms with Crippen LogP contribution in [0.15, 0.2) is 47.3 Å². The van der Waals surface area contributed by atoms with Crippen molar-refractivity contribution in [3.63, 3.8) is 0 Å². The number of nitrogens with one attached hydrogen (secondary N) is 3. The van der Waals surface area contributed by atoms with Crippen molar-refractivity contribution in [1.29, 1.82) is 0 Å². The van der Waals surface area contributed by atoms with Crippen LogP contribution < -0.4 is 21.1 Å². The summed E-state index contributed by atoms with van der Waals surface area (Å²) in [6.07, 6.45) is 2.97. The van der Waals surface area contributed by atoms with E-state index in [2.05, 4.69) is 57.8 Å². The van der Waals surface area contributed by atoms with Gasteiger partial charge in [-0.25, -0.2) is 0 Å². The third-order valence-electron chi connectivity index (χ3n) is 8.58. The number of H-pyrrole nitrogens is 1. The maximum absolute atomic E-state index is 13.7. The number of halogens is 1. The van der Waals surface area contributed by atoms with Crippen molar-refractivity contribution in [2.75, 3.05) is 44.4 Å². The van der Waals surface area contributed by atoms with E-state index >= 15 is 0 Å². The molecule has 9 heteroatoms. The first-order valence-corrected chi connectivity index (χ1v) is 15.2. The summed E-state index contributed by atoms with van der Waals surface area (Å²) in [6.45, 7) is 13.0. The van der Waals surface area contributed by atoms with Gasteiger partial charge in [-0.2, -0.15) is 0 Å². The Morgan fingerprint density at radius 1 is 1.02 bits per heavy atom. The lowest BCUT2D eigenvalue weighted by atomic mass is 9.94. The molecule has 8 nitrogen and oxygen atoms in total. The number of ether oxygens (including phenoxy) is 2. The Kier molecular flexibility index (Phi) is 11.6. The summed E-state index contributed by atoms with van der Waals surface area (Å²) in [5.74, 6) is -0.184. The first-order valence-electron chi connectivity index (χ1n) is 15.2. The normalized spacial score (nSPS) is 17.3. The van der Waals surface area contributed by atoms with Crippen LogP contribution in [0.2, 0.25) is 0 Å². The molecule has 2 aromatic carbocycles. The number of carbonyl (C=O) groups excluding carboxylic acids is 1. The van der Waals surface area contributed by atoms with Gasteiger partial charge in [0.2, 0.25) is 0 Å². The van der Waals surface area contributed by atoms with Crippen molar-refractivity contribution in [3.8, 4) is 11.1 Å². The molecular formula is C34H45BrN4O4. The monoisotopic (exact) mass is 652 g/mol. The van der Waals surface area contributed by atoms with Gasteiger partial charge >= 0.3 is 0 Å². The fraction of sp³-hybridized carbons (Fsp3) is 0.471. The molecule has 232 valence electrons. The average molecular weight is 654 g/mol. The van der Waals surface area contributed by atoms with Gasteiger partial charge < -0.3 is 30.0 Å². The molecule has 2 aliphatic heterocycles. The van der Waals surface area contributed by atoms with Crippen LogP contribution in [0.25, 0.3) is 11.1 Å². The number of nitrogens with zero attached hydrogens (tertiary/aromatic N) is 1. The summed E-state index contributed by atoms with van der Waals surface area (Å²) in [4.78, 5) is 31.6. The van der Waals surface area contributed by atoms with E-state index in [1.54, 1.807) is 0 Å². The summed E-state index contributed by atoms with van der Waals surface area (Å²) >= 11 is 0. The van der Waals surface area contributed by atoms with Gasteiger partial charge in [-0.05, 0) is 93.0 Å². The standard InChI is InChI=1S/C34H44N4O4.BrH/c1-5-38(28-10-13-41-14-11-28)32-19-27(26-8-6-25(7-9-26)17-29-20-35-12-15-42-29)18-30(24(32)4)33(39)36-21-31-22(2)16-23(3)37-34(31)40;/h6-9,16,18-19,28-29,35H,5,10-15,17,20-21H2,1-4H3,(H,36,39)(H,37,40);1H. The zero-order valence-corrected chi connectivity index (χ0v) is 27.5. The van der Waals surface area contributed by atoms with Crippen LogP contribution in [-0.2, 0) is 22.4 Å². The second kappa shape index (κ2) is 15.1. The lowest BCUT2D eigenvalue weighted by molar-refractivity contribution is 0.0292. The van der Waals surface area contributed by atoms with Crippen molar-refractivity contribution in [2.24, 2.45) is 0 Å². The number of carbonyl (C=O) groups is 1. The maximum Gasteiger partial charge on any atom is 0.253 e. The number of aromatic nitrogens is 1. The molecular weight excluding hydrogens is 608 g/mol. The van der Waals surface area contributed by atoms with E-state index in [4.69, 9.17) is 9.47 Å². The molecule has 0 bridgehead atoms. The molecule has 0 saturated carbocycles. The molecule has 3 N–H and O–H groups in total. The summed E-state index contributed by atoms with van der Waals surface area (Å²) < 4.78 is 11.5. The highest BCUT2D eigenvalue weighted by Crippen LogP contribution is 2.34. The molecule has 1 amide bonds. The lowest BCUT2D eigenvalue weighted by Gasteiger charge is -2.37. The number of pyridine rings is 1. The van der Waals surface area contributed by atoms with Gasteiger partial charge in [0.1, 0.15) is 0 Å². The van der Waals surface area contributed by atoms with Crippen LogP contribution in [0.3, 0.4) is 0 Å². The second-order valence-electron chi connectivity index (χ2n) is 11.5. The summed E-state index contributed by atoms with van der Waals surface area (Å²) in [5.41, 5.74) is 8.02. The van der Waals surface area contributed by atoms with Gasteiger partial charge in [0.05, 0.1) is 12.7 Å². The topological polar surface area (TPSA) is 95.7 Å². The molecule has 0 aliphatic carbocycles. The van der Waals surface area contributed by atoms with E-state index in [0.717, 1.165) is 92.4 Å². The number of aromatic amines is 1. The van der Waals surface area contributed by atoms with Crippen LogP contribution in [0, 0.1) is 20.8 Å². The minimum absolute atomic E-state index is 0. The molecule has 2 fully saturated rings. The van der Waals surface area contributed by atoms with Gasteiger partial charge in [0.25, 0.3) is 11.5 Å². The predicted octanol–water partition coefficient (Wildman–Crippen LogP) is 5.01. The van der Waals surface area contributed by atoms with Crippen LogP contribution in [0.4, 0.5) is 5.69 Å². The fourth-order valence-electron chi connectivity index (χ4n) is 6.23. The van der Waals surface area contributed by atoms with Crippen molar-refractivity contribution in [3.05, 3.63) is 86.3 Å². The number of benzene rings is 2. The van der Waals surface area contributed by atoms with E-state index in [1.165, 1.54) is 5.56 Å². The Bertz CT molecular complexity index is 1440. The number of morpholine rings is 1. The van der Waals surface area contributed by atoms with Crippen LogP contribution in [0.5, 0.6) is 0 Å². The predicted molar refractivity (Wildman–Crippen MR) is 178 cm³/mol. The number of anilines is 1. The van der Waals surface area contributed by atoms with Crippen LogP contribution in [0.1, 0.15) is 58.1 Å². The molecule has 0 radical (unpaired) electrons. The Morgan fingerprint density at radius 2 is 1.77 bits per heavy atom. The van der Waals surface area contributed by atoms with E-state index in [1.807, 2.05) is 32.9 Å². The summed E-state index contributed by atoms with van der Waals surface area (Å²) in [6, 6.07) is 15.1. The lowest BCUT2D eigenvalue weighted by Crippen LogP contribution is -2.40. The molecule has 0 spiro atoms. The minimum Gasteiger partial charge on any atom is -0.381 e. The Labute approximate surface area is 265 Å². The quantitative estimate of drug-likeness (QED) is 0.301. The highest BCUT2D eigenvalue weighted by atomic mass is 79.9. The number of rotatable bonds is 9. The molecule has 1 aromatic heterocycles. The van der Waals surface area contributed by atoms with Gasteiger partial charge in [-0.3, -0.25) is 9.59 Å². The minimum atomic E-state index is -0.184. The summed E-state index contributed by atoms with van der Waals surface area (Å²) in [5, 5.41) is 6.44. The molecule has 2 aliphatic rings. The molecule has 1 unspecified atom stereocenters. The van der Waals surface area contributed by atoms with Crippen LogP contribution >= 0.6 is 17.0 Å². The number of amides is 1. The third kappa shape index (κ3) is 7.95. The van der Waals surface area contributed by atoms with E-state index in [-0.39, 0.29) is 41.1 Å². The molecule has 2 saturated heterocycles. The first-order chi connectivity index (χ1) is 20.3. The summed E-state index contributed by atoms with van der Waals surface area (Å²) in [7, 11) is 0. The van der Waals surface area contributed by atoms with E-state index < -0.39 is 0 Å². The fourth-order valence-corrected chi connectivity index (χ4v) is 6.23. The number of aryl methyl sites for hydroxylation is 2. The second-order valence-corrected chi connectivity index (χ2v) is 11.5. The van der Waals surface area contributed by atoms with Gasteiger partial charge in [-0.1, -0.05) is 24.3 Å². The SMILES string of the molecule is Br.CCN(c1cc(-c2ccc(CC3CNCCO3)cc2)cc(C(=O)NCc2c(C)cc(C)[nH]c2=O)c1C)C1CCOCC1. The number of hydrogen-bond acceptors (Lipinski definition) is 6. The third-order valence-corrected chi connectivity index (χ3v) is 8.58. The van der Waals surface area contributed by atoms with E-state index in [0.29, 0.717) is 17.2 Å². The van der Waals surface area contributed by atoms with Gasteiger partial charge in [-0.15, -0.1) is 17.0 Å². The Hall–Kier alpha value is -2.98. The maximum atomic E-state index is 13.7. The van der Waals surface area contributed by atoms with Crippen LogP contribution in [-0.4, -0.2) is 62.5 Å². The molecule has 43 heavy (non-hydrogen) atoms. The highest BCUT2D eigenvalue weighted by molar-refractivity contribution is 8.93. The van der Waals surface area contributed by atoms with Crippen molar-refractivity contribution in [2.45, 2.75) is 65.6 Å². The highest BCUT2D eigenvalue weighted by Gasteiger charge is 2.25. The Balaban J connectivity index is 0.00000423. The van der Waals surface area contributed by atoms with Crippen molar-refractivity contribution in [1.82, 2.24) is 15.6 Å². The molecule has 3 heterocycles. The van der Waals surface area contributed by atoms with Crippen molar-refractivity contribution < 1.29 is 14.3 Å². The smallest absolute Gasteiger partial charge is 0.253 e. The van der Waals surface area contributed by atoms with E-state index in [9.17, 15) is 9.59 Å². The Morgan fingerprint density at radius 3 is 2.42 bits per heavy atom. The molecule has 5 rings (SSSR count). The number of hydrogen-bond donors (Lipinski definition) is 3. The largest absolute Gasteiger partial charge is 0.381 e. The molecule has 3 aromatic rings. The molecule has 1 atom stereocenters.